The average molecular weight is 474 g/mol. The van der Waals surface area contributed by atoms with E-state index in [0.29, 0.717) is 12.3 Å². The van der Waals surface area contributed by atoms with Crippen molar-refractivity contribution in [3.63, 3.8) is 0 Å². The number of hydrogen-bond donors (Lipinski definition) is 2. The van der Waals surface area contributed by atoms with E-state index in [-0.39, 0.29) is 35.8 Å². The zero-order valence-corrected chi connectivity index (χ0v) is 18.7. The van der Waals surface area contributed by atoms with E-state index in [9.17, 15) is 8.42 Å². The molecule has 144 valence electrons. The maximum Gasteiger partial charge on any atom is 0.191 e. The molecule has 0 bridgehead atoms. The third kappa shape index (κ3) is 10.7. The molecule has 1 heterocycles. The minimum absolute atomic E-state index is 0. The predicted molar refractivity (Wildman–Crippen MR) is 113 cm³/mol. The summed E-state index contributed by atoms with van der Waals surface area (Å²) in [5.41, 5.74) is 0. The van der Waals surface area contributed by atoms with Crippen LogP contribution in [0.15, 0.2) is 4.99 Å². The van der Waals surface area contributed by atoms with Crippen molar-refractivity contribution < 1.29 is 8.42 Å². The van der Waals surface area contributed by atoms with Crippen LogP contribution in [0.2, 0.25) is 0 Å². The third-order valence-electron chi connectivity index (χ3n) is 4.07. The number of aliphatic imine (C=N–C) groups is 1. The van der Waals surface area contributed by atoms with Crippen LogP contribution in [0.5, 0.6) is 0 Å². The maximum atomic E-state index is 11.3. The first-order valence-corrected chi connectivity index (χ1v) is 10.8. The second kappa shape index (κ2) is 12.3. The van der Waals surface area contributed by atoms with E-state index in [1.807, 2.05) is 13.8 Å². The molecule has 0 aromatic carbocycles. The Morgan fingerprint density at radius 3 is 2.67 bits per heavy atom. The molecule has 0 aliphatic carbocycles. The Labute approximate surface area is 165 Å². The largest absolute Gasteiger partial charge is 0.357 e. The molecule has 0 spiro atoms. The molecule has 0 aromatic rings. The van der Waals surface area contributed by atoms with Crippen LogP contribution < -0.4 is 10.6 Å². The van der Waals surface area contributed by atoms with Gasteiger partial charge in [-0.15, -0.1) is 24.0 Å². The highest BCUT2D eigenvalue weighted by Crippen LogP contribution is 2.16. The van der Waals surface area contributed by atoms with Gasteiger partial charge in [0.05, 0.1) is 5.75 Å². The highest BCUT2D eigenvalue weighted by atomic mass is 127. The molecule has 0 radical (unpaired) electrons. The molecule has 24 heavy (non-hydrogen) atoms. The van der Waals surface area contributed by atoms with Gasteiger partial charge in [0.2, 0.25) is 0 Å². The molecule has 1 rings (SSSR count). The molecule has 2 atom stereocenters. The minimum atomic E-state index is -2.91. The first kappa shape index (κ1) is 23.9. The summed E-state index contributed by atoms with van der Waals surface area (Å²) in [5, 5.41) is 6.56. The van der Waals surface area contributed by atoms with Gasteiger partial charge >= 0.3 is 0 Å². The highest BCUT2D eigenvalue weighted by Gasteiger charge is 2.21. The van der Waals surface area contributed by atoms with E-state index in [4.69, 9.17) is 4.99 Å². The molecule has 1 aliphatic rings. The Hall–Kier alpha value is -0.0900. The van der Waals surface area contributed by atoms with Crippen LogP contribution in [-0.4, -0.2) is 70.1 Å². The van der Waals surface area contributed by atoms with Gasteiger partial charge in [-0.3, -0.25) is 4.99 Å². The molecule has 1 saturated heterocycles. The van der Waals surface area contributed by atoms with Crippen LogP contribution in [0.1, 0.15) is 40.0 Å². The average Bonchev–Trinajstić information content (AvgIpc) is 2.90. The fourth-order valence-corrected chi connectivity index (χ4v) is 3.60. The lowest BCUT2D eigenvalue weighted by molar-refractivity contribution is 0.326. The van der Waals surface area contributed by atoms with Crippen molar-refractivity contribution in [3.8, 4) is 0 Å². The van der Waals surface area contributed by atoms with E-state index in [1.54, 1.807) is 0 Å². The molecular formula is C16H35IN4O2S. The van der Waals surface area contributed by atoms with E-state index in [2.05, 4.69) is 22.5 Å². The van der Waals surface area contributed by atoms with Gasteiger partial charge in [-0.05, 0) is 52.1 Å². The van der Waals surface area contributed by atoms with Crippen LogP contribution in [0.25, 0.3) is 0 Å². The van der Waals surface area contributed by atoms with Crippen LogP contribution in [0.3, 0.4) is 0 Å². The fraction of sp³-hybridized carbons (Fsp3) is 0.938. The van der Waals surface area contributed by atoms with Crippen LogP contribution in [0.4, 0.5) is 0 Å². The molecule has 1 fully saturated rings. The van der Waals surface area contributed by atoms with Gasteiger partial charge in [0, 0.05) is 31.9 Å². The SMILES string of the molecule is CCCN1CCC(CN=C(NCC)NC(C)CCS(C)(=O)=O)C1.I. The summed E-state index contributed by atoms with van der Waals surface area (Å²) in [6.45, 7) is 11.4. The summed E-state index contributed by atoms with van der Waals surface area (Å²) in [6.07, 6.45) is 4.29. The van der Waals surface area contributed by atoms with Crippen molar-refractivity contribution in [2.45, 2.75) is 46.1 Å². The van der Waals surface area contributed by atoms with E-state index in [0.717, 1.165) is 25.6 Å². The molecule has 0 aromatic heterocycles. The summed E-state index contributed by atoms with van der Waals surface area (Å²) in [4.78, 5) is 7.20. The summed E-state index contributed by atoms with van der Waals surface area (Å²) in [7, 11) is -2.91. The molecule has 6 nitrogen and oxygen atoms in total. The number of rotatable bonds is 9. The molecule has 8 heteroatoms. The van der Waals surface area contributed by atoms with Crippen molar-refractivity contribution in [2.75, 3.05) is 44.7 Å². The van der Waals surface area contributed by atoms with Crippen LogP contribution in [0, 0.1) is 5.92 Å². The van der Waals surface area contributed by atoms with E-state index < -0.39 is 9.84 Å². The van der Waals surface area contributed by atoms with Gasteiger partial charge in [0.1, 0.15) is 9.84 Å². The Kier molecular flexibility index (Phi) is 12.2. The fourth-order valence-electron chi connectivity index (χ4n) is 2.82. The number of hydrogen-bond acceptors (Lipinski definition) is 4. The molecule has 0 amide bonds. The first-order chi connectivity index (χ1) is 10.8. The molecule has 1 aliphatic heterocycles. The van der Waals surface area contributed by atoms with Crippen molar-refractivity contribution in [1.82, 2.24) is 15.5 Å². The maximum absolute atomic E-state index is 11.3. The zero-order chi connectivity index (χ0) is 17.3. The van der Waals surface area contributed by atoms with Crippen molar-refractivity contribution in [2.24, 2.45) is 10.9 Å². The Bertz CT molecular complexity index is 471. The van der Waals surface area contributed by atoms with Crippen LogP contribution in [-0.2, 0) is 9.84 Å². The minimum Gasteiger partial charge on any atom is -0.357 e. The Balaban J connectivity index is 0.00000529. The topological polar surface area (TPSA) is 73.8 Å². The molecule has 2 N–H and O–H groups in total. The van der Waals surface area contributed by atoms with Gasteiger partial charge in [-0.25, -0.2) is 8.42 Å². The van der Waals surface area contributed by atoms with Crippen LogP contribution >= 0.6 is 24.0 Å². The predicted octanol–water partition coefficient (Wildman–Crippen LogP) is 1.71. The van der Waals surface area contributed by atoms with Crippen molar-refractivity contribution >= 4 is 39.8 Å². The van der Waals surface area contributed by atoms with Crippen molar-refractivity contribution in [1.29, 1.82) is 0 Å². The monoisotopic (exact) mass is 474 g/mol. The normalized spacial score (nSPS) is 20.5. The summed E-state index contributed by atoms with van der Waals surface area (Å²) in [6, 6.07) is 0.0858. The Morgan fingerprint density at radius 2 is 2.08 bits per heavy atom. The Morgan fingerprint density at radius 1 is 1.38 bits per heavy atom. The molecular weight excluding hydrogens is 439 g/mol. The second-order valence-corrected chi connectivity index (χ2v) is 8.90. The van der Waals surface area contributed by atoms with E-state index in [1.165, 1.54) is 32.2 Å². The van der Waals surface area contributed by atoms with Gasteiger partial charge in [-0.1, -0.05) is 6.92 Å². The number of halogens is 1. The lowest BCUT2D eigenvalue weighted by atomic mass is 10.1. The summed E-state index contributed by atoms with van der Waals surface area (Å²) < 4.78 is 22.5. The summed E-state index contributed by atoms with van der Waals surface area (Å²) >= 11 is 0. The number of guanidine groups is 1. The number of nitrogens with one attached hydrogen (secondary N) is 2. The van der Waals surface area contributed by atoms with E-state index >= 15 is 0 Å². The van der Waals surface area contributed by atoms with Crippen molar-refractivity contribution in [3.05, 3.63) is 0 Å². The number of sulfone groups is 1. The smallest absolute Gasteiger partial charge is 0.191 e. The third-order valence-corrected chi connectivity index (χ3v) is 5.04. The lowest BCUT2D eigenvalue weighted by Crippen LogP contribution is -2.43. The zero-order valence-electron chi connectivity index (χ0n) is 15.5. The highest BCUT2D eigenvalue weighted by molar-refractivity contribution is 14.0. The van der Waals surface area contributed by atoms with Gasteiger partial charge in [-0.2, -0.15) is 0 Å². The number of likely N-dealkylation sites (tertiary alicyclic amines) is 1. The first-order valence-electron chi connectivity index (χ1n) is 8.79. The van der Waals surface area contributed by atoms with Gasteiger partial charge < -0.3 is 15.5 Å². The second-order valence-electron chi connectivity index (χ2n) is 6.64. The molecule has 0 saturated carbocycles. The molecule has 2 unspecified atom stereocenters. The quantitative estimate of drug-likeness (QED) is 0.303. The van der Waals surface area contributed by atoms with Gasteiger partial charge in [0.15, 0.2) is 5.96 Å². The number of nitrogens with zero attached hydrogens (tertiary/aromatic N) is 2. The lowest BCUT2D eigenvalue weighted by Gasteiger charge is -2.18. The summed E-state index contributed by atoms with van der Waals surface area (Å²) in [5.74, 6) is 1.63. The standard InChI is InChI=1S/C16H34N4O2S.HI/c1-5-9-20-10-7-15(13-20)12-18-16(17-6-2)19-14(3)8-11-23(4,21)22;/h14-15H,5-13H2,1-4H3,(H2,17,18,19);1H. The van der Waals surface area contributed by atoms with Gasteiger partial charge in [0.25, 0.3) is 0 Å².